The van der Waals surface area contributed by atoms with Crippen LogP contribution in [0.1, 0.15) is 37.2 Å². The maximum atomic E-state index is 11.9. The van der Waals surface area contributed by atoms with Crippen molar-refractivity contribution in [2.45, 2.75) is 40.5 Å². The van der Waals surface area contributed by atoms with Gasteiger partial charge in [-0.15, -0.1) is 0 Å². The van der Waals surface area contributed by atoms with Crippen molar-refractivity contribution in [3.63, 3.8) is 0 Å². The highest BCUT2D eigenvalue weighted by Crippen LogP contribution is 2.19. The monoisotopic (exact) mass is 337 g/mol. The number of benzene rings is 1. The van der Waals surface area contributed by atoms with Crippen LogP contribution in [0, 0.1) is 19.8 Å². The van der Waals surface area contributed by atoms with Gasteiger partial charge >= 0.3 is 0 Å². The fraction of sp³-hybridized carbons (Fsp3) is 0.368. The van der Waals surface area contributed by atoms with Gasteiger partial charge in [0.25, 0.3) is 5.56 Å². The topological polar surface area (TPSA) is 83.6 Å². The van der Waals surface area contributed by atoms with Crippen molar-refractivity contribution >= 4 is 22.8 Å². The van der Waals surface area contributed by atoms with Crippen LogP contribution >= 0.6 is 0 Å². The predicted molar refractivity (Wildman–Crippen MR) is 100 cm³/mol. The summed E-state index contributed by atoms with van der Waals surface area (Å²) >= 11 is 0. The first kappa shape index (κ1) is 17.1. The molecule has 130 valence electrons. The lowest BCUT2D eigenvalue weighted by Crippen LogP contribution is -2.13. The van der Waals surface area contributed by atoms with E-state index >= 15 is 0 Å². The van der Waals surface area contributed by atoms with Gasteiger partial charge in [-0.25, -0.2) is 15.0 Å². The van der Waals surface area contributed by atoms with Crippen LogP contribution in [0.2, 0.25) is 0 Å². The lowest BCUT2D eigenvalue weighted by Gasteiger charge is -2.09. The van der Waals surface area contributed by atoms with Gasteiger partial charge in [0.1, 0.15) is 0 Å². The van der Waals surface area contributed by atoms with Crippen molar-refractivity contribution < 1.29 is 0 Å². The number of aromatic nitrogens is 4. The van der Waals surface area contributed by atoms with Gasteiger partial charge in [0.2, 0.25) is 11.9 Å². The Balaban J connectivity index is 1.90. The third-order valence-electron chi connectivity index (χ3n) is 4.04. The molecule has 25 heavy (non-hydrogen) atoms. The van der Waals surface area contributed by atoms with Gasteiger partial charge in [0.05, 0.1) is 11.2 Å². The number of fused-ring (bicyclic) bond motifs is 1. The van der Waals surface area contributed by atoms with E-state index in [-0.39, 0.29) is 5.56 Å². The molecule has 6 heteroatoms. The zero-order valence-electron chi connectivity index (χ0n) is 15.1. The maximum absolute atomic E-state index is 11.9. The van der Waals surface area contributed by atoms with Gasteiger partial charge in [-0.2, -0.15) is 0 Å². The van der Waals surface area contributed by atoms with Gasteiger partial charge in [-0.1, -0.05) is 25.5 Å². The largest absolute Gasteiger partial charge is 0.294 e. The van der Waals surface area contributed by atoms with Crippen LogP contribution in [-0.2, 0) is 6.42 Å². The number of aryl methyl sites for hydroxylation is 3. The smallest absolute Gasteiger partial charge is 0.252 e. The molecule has 0 radical (unpaired) electrons. The van der Waals surface area contributed by atoms with E-state index in [1.54, 1.807) is 6.07 Å². The van der Waals surface area contributed by atoms with Gasteiger partial charge in [-0.05, 0) is 44.7 Å². The molecular formula is C19H23N5O. The second-order valence-electron chi connectivity index (χ2n) is 6.80. The molecule has 0 aliphatic rings. The first-order valence-corrected chi connectivity index (χ1v) is 8.53. The average Bonchev–Trinajstić information content (AvgIpc) is 2.53. The highest BCUT2D eigenvalue weighted by molar-refractivity contribution is 5.82. The van der Waals surface area contributed by atoms with E-state index in [2.05, 4.69) is 45.2 Å². The lowest BCUT2D eigenvalue weighted by atomic mass is 10.1. The molecule has 3 rings (SSSR count). The van der Waals surface area contributed by atoms with Crippen molar-refractivity contribution in [2.75, 3.05) is 5.32 Å². The quantitative estimate of drug-likeness (QED) is 0.742. The average molecular weight is 337 g/mol. The number of aromatic amines is 1. The molecule has 0 saturated carbocycles. The van der Waals surface area contributed by atoms with Crippen molar-refractivity contribution in [3.8, 4) is 0 Å². The van der Waals surface area contributed by atoms with E-state index in [9.17, 15) is 4.79 Å². The lowest BCUT2D eigenvalue weighted by molar-refractivity contribution is 0.581. The summed E-state index contributed by atoms with van der Waals surface area (Å²) < 4.78 is 0. The highest BCUT2D eigenvalue weighted by atomic mass is 16.1. The summed E-state index contributed by atoms with van der Waals surface area (Å²) in [6.07, 6.45) is 1.76. The number of hydrogen-bond donors (Lipinski definition) is 2. The van der Waals surface area contributed by atoms with E-state index in [0.29, 0.717) is 17.8 Å². The summed E-state index contributed by atoms with van der Waals surface area (Å²) in [6.45, 7) is 8.30. The van der Waals surface area contributed by atoms with E-state index in [4.69, 9.17) is 0 Å². The number of H-pyrrole nitrogens is 1. The molecule has 0 bridgehead atoms. The Hall–Kier alpha value is -2.76. The van der Waals surface area contributed by atoms with E-state index in [1.807, 2.05) is 26.0 Å². The van der Waals surface area contributed by atoms with E-state index < -0.39 is 0 Å². The molecule has 2 heterocycles. The van der Waals surface area contributed by atoms with Crippen LogP contribution in [0.15, 0.2) is 29.1 Å². The summed E-state index contributed by atoms with van der Waals surface area (Å²) in [6, 6.07) is 7.61. The number of anilines is 2. The molecule has 0 atom stereocenters. The molecule has 1 aromatic carbocycles. The highest BCUT2D eigenvalue weighted by Gasteiger charge is 2.08. The molecule has 6 nitrogen and oxygen atoms in total. The molecule has 0 fully saturated rings. The summed E-state index contributed by atoms with van der Waals surface area (Å²) in [5.41, 5.74) is 3.51. The fourth-order valence-electron chi connectivity index (χ4n) is 2.69. The number of nitrogens with one attached hydrogen (secondary N) is 2. The molecule has 0 aliphatic heterocycles. The van der Waals surface area contributed by atoms with Crippen LogP contribution in [0.5, 0.6) is 0 Å². The van der Waals surface area contributed by atoms with Crippen molar-refractivity contribution in [1.82, 2.24) is 19.9 Å². The van der Waals surface area contributed by atoms with Crippen molar-refractivity contribution in [2.24, 2.45) is 5.92 Å². The molecular weight excluding hydrogens is 314 g/mol. The number of nitrogens with zero attached hydrogens (tertiary/aromatic N) is 3. The van der Waals surface area contributed by atoms with Gasteiger partial charge in [-0.3, -0.25) is 15.1 Å². The van der Waals surface area contributed by atoms with Crippen LogP contribution in [0.25, 0.3) is 10.9 Å². The second kappa shape index (κ2) is 7.01. The summed E-state index contributed by atoms with van der Waals surface area (Å²) in [4.78, 5) is 28.1. The Labute approximate surface area is 146 Å². The zero-order valence-corrected chi connectivity index (χ0v) is 15.1. The fourth-order valence-corrected chi connectivity index (χ4v) is 2.69. The Morgan fingerprint density at radius 2 is 1.92 bits per heavy atom. The SMILES string of the molecule is Cc1ccc2nc(Nc3nc(CCC(C)C)cc(=O)[nH]3)nc(C)c2c1. The summed E-state index contributed by atoms with van der Waals surface area (Å²) in [7, 11) is 0. The number of rotatable bonds is 5. The van der Waals surface area contributed by atoms with Gasteiger partial charge < -0.3 is 0 Å². The Morgan fingerprint density at radius 1 is 1.12 bits per heavy atom. The maximum Gasteiger partial charge on any atom is 0.252 e. The molecule has 2 N–H and O–H groups in total. The van der Waals surface area contributed by atoms with Crippen molar-refractivity contribution in [3.05, 3.63) is 51.6 Å². The third-order valence-corrected chi connectivity index (χ3v) is 4.04. The van der Waals surface area contributed by atoms with Crippen LogP contribution < -0.4 is 10.9 Å². The molecule has 0 saturated heterocycles. The molecule has 0 aliphatic carbocycles. The standard InChI is InChI=1S/C19H23N5O/c1-11(2)5-7-14-10-17(25)23-19(21-14)24-18-20-13(4)15-9-12(3)6-8-16(15)22-18/h6,8-11H,5,7H2,1-4H3,(H2,20,21,22,23,24,25). The minimum absolute atomic E-state index is 0.176. The Kier molecular flexibility index (Phi) is 4.79. The molecule has 0 unspecified atom stereocenters. The zero-order chi connectivity index (χ0) is 18.0. The predicted octanol–water partition coefficient (Wildman–Crippen LogP) is 3.66. The van der Waals surface area contributed by atoms with E-state index in [0.717, 1.165) is 35.1 Å². The minimum Gasteiger partial charge on any atom is -0.294 e. The van der Waals surface area contributed by atoms with E-state index in [1.165, 1.54) is 5.56 Å². The van der Waals surface area contributed by atoms with Gasteiger partial charge in [0.15, 0.2) is 0 Å². The first-order valence-electron chi connectivity index (χ1n) is 8.53. The second-order valence-corrected chi connectivity index (χ2v) is 6.80. The van der Waals surface area contributed by atoms with Gasteiger partial charge in [0, 0.05) is 17.1 Å². The van der Waals surface area contributed by atoms with Crippen LogP contribution in [0.4, 0.5) is 11.9 Å². The normalized spacial score (nSPS) is 11.2. The third kappa shape index (κ3) is 4.21. The molecule has 3 aromatic rings. The first-order chi connectivity index (χ1) is 11.9. The summed E-state index contributed by atoms with van der Waals surface area (Å²) in [5.74, 6) is 1.36. The van der Waals surface area contributed by atoms with Crippen molar-refractivity contribution in [1.29, 1.82) is 0 Å². The molecule has 0 amide bonds. The minimum atomic E-state index is -0.176. The molecule has 2 aromatic heterocycles. The Bertz CT molecular complexity index is 962. The number of hydrogen-bond acceptors (Lipinski definition) is 5. The summed E-state index contributed by atoms with van der Waals surface area (Å²) in [5, 5.41) is 4.06. The molecule has 0 spiro atoms. The van der Waals surface area contributed by atoms with Crippen LogP contribution in [-0.4, -0.2) is 19.9 Å². The van der Waals surface area contributed by atoms with Crippen LogP contribution in [0.3, 0.4) is 0 Å². The Morgan fingerprint density at radius 3 is 2.68 bits per heavy atom.